The molecule has 2 aromatic carbocycles. The third-order valence-electron chi connectivity index (χ3n) is 5.36. The van der Waals surface area contributed by atoms with Crippen LogP contribution in [0.3, 0.4) is 0 Å². The number of para-hydroxylation sites is 1. The van der Waals surface area contributed by atoms with Crippen molar-refractivity contribution in [1.82, 2.24) is 15.2 Å². The van der Waals surface area contributed by atoms with Gasteiger partial charge in [0.05, 0.1) is 25.5 Å². The molecule has 0 fully saturated rings. The average molecular weight is 457 g/mol. The normalized spacial score (nSPS) is 15.2. The quantitative estimate of drug-likeness (QED) is 0.628. The first kappa shape index (κ1) is 24.2. The number of hydrogen-bond donors (Lipinski definition) is 1. The number of rotatable bonds is 9. The molecule has 0 saturated carbocycles. The number of nitrogens with zero attached hydrogens (tertiary/aromatic N) is 3. The van der Waals surface area contributed by atoms with E-state index in [0.29, 0.717) is 30.0 Å². The van der Waals surface area contributed by atoms with E-state index < -0.39 is 11.9 Å². The van der Waals surface area contributed by atoms with Crippen LogP contribution in [0.2, 0.25) is 0 Å². The van der Waals surface area contributed by atoms with Crippen LogP contribution in [0.4, 0.5) is 9.18 Å². The lowest BCUT2D eigenvalue weighted by Gasteiger charge is -2.27. The molecule has 0 bridgehead atoms. The van der Waals surface area contributed by atoms with Gasteiger partial charge >= 0.3 is 6.03 Å². The van der Waals surface area contributed by atoms with Crippen molar-refractivity contribution in [3.8, 4) is 5.75 Å². The number of hydrogen-bond acceptors (Lipinski definition) is 5. The third kappa shape index (κ3) is 5.67. The molecular weight excluding hydrogens is 427 g/mol. The number of amides is 3. The Kier molecular flexibility index (Phi) is 8.37. The first-order valence-electron chi connectivity index (χ1n) is 10.8. The minimum atomic E-state index is -0.498. The van der Waals surface area contributed by atoms with Crippen molar-refractivity contribution in [2.75, 3.05) is 40.5 Å². The van der Waals surface area contributed by atoms with Gasteiger partial charge in [-0.25, -0.2) is 14.2 Å². The van der Waals surface area contributed by atoms with Gasteiger partial charge in [-0.2, -0.15) is 5.10 Å². The van der Waals surface area contributed by atoms with Gasteiger partial charge in [-0.1, -0.05) is 36.4 Å². The summed E-state index contributed by atoms with van der Waals surface area (Å²) in [7, 11) is 3.08. The number of carbonyl (C=O) groups is 2. The topological polar surface area (TPSA) is 83.5 Å². The number of benzene rings is 2. The second kappa shape index (κ2) is 11.4. The monoisotopic (exact) mass is 456 g/mol. The average Bonchev–Trinajstić information content (AvgIpc) is 3.27. The van der Waals surface area contributed by atoms with Gasteiger partial charge in [0.15, 0.2) is 0 Å². The van der Waals surface area contributed by atoms with Crippen LogP contribution >= 0.6 is 0 Å². The molecular formula is C24H29FN4O4. The number of halogens is 1. The molecule has 1 aliphatic rings. The molecule has 3 amide bonds. The van der Waals surface area contributed by atoms with Crippen molar-refractivity contribution >= 4 is 17.6 Å². The molecule has 3 rings (SSSR count). The van der Waals surface area contributed by atoms with Crippen LogP contribution < -0.4 is 10.1 Å². The summed E-state index contributed by atoms with van der Waals surface area (Å²) in [6.45, 7) is 2.56. The van der Waals surface area contributed by atoms with Gasteiger partial charge in [-0.05, 0) is 19.1 Å². The second-order valence-corrected chi connectivity index (χ2v) is 7.48. The molecule has 0 radical (unpaired) electrons. The molecule has 1 heterocycles. The highest BCUT2D eigenvalue weighted by atomic mass is 19.1. The fraction of sp³-hybridized carbons (Fsp3) is 0.375. The molecule has 0 saturated heterocycles. The molecule has 1 unspecified atom stereocenters. The Hall–Kier alpha value is -3.46. The number of methoxy groups -OCH3 is 2. The lowest BCUT2D eigenvalue weighted by atomic mass is 9.97. The van der Waals surface area contributed by atoms with Crippen LogP contribution in [-0.2, 0) is 9.53 Å². The lowest BCUT2D eigenvalue weighted by molar-refractivity contribution is -0.133. The molecule has 2 aromatic rings. The van der Waals surface area contributed by atoms with Crippen molar-refractivity contribution < 1.29 is 23.5 Å². The number of ether oxygens (including phenoxy) is 2. The molecule has 1 N–H and O–H groups in total. The zero-order valence-corrected chi connectivity index (χ0v) is 19.1. The van der Waals surface area contributed by atoms with E-state index in [0.717, 1.165) is 5.56 Å². The number of carbonyl (C=O) groups excluding carboxylic acids is 2. The molecule has 0 aliphatic carbocycles. The van der Waals surface area contributed by atoms with Gasteiger partial charge in [0.1, 0.15) is 18.1 Å². The lowest BCUT2D eigenvalue weighted by Crippen LogP contribution is -2.47. The van der Waals surface area contributed by atoms with Crippen LogP contribution in [-0.4, -0.2) is 68.0 Å². The third-order valence-corrected chi connectivity index (χ3v) is 5.36. The van der Waals surface area contributed by atoms with E-state index >= 15 is 0 Å². The molecule has 0 spiro atoms. The van der Waals surface area contributed by atoms with Gasteiger partial charge in [0, 0.05) is 37.7 Å². The number of hydrazone groups is 1. The zero-order chi connectivity index (χ0) is 23.8. The predicted octanol–water partition coefficient (Wildman–Crippen LogP) is 3.19. The minimum absolute atomic E-state index is 0.200. The van der Waals surface area contributed by atoms with Crippen LogP contribution in [0.25, 0.3) is 0 Å². The summed E-state index contributed by atoms with van der Waals surface area (Å²) in [5, 5.41) is 8.55. The summed E-state index contributed by atoms with van der Waals surface area (Å²) in [5.41, 5.74) is 1.55. The van der Waals surface area contributed by atoms with E-state index in [1.54, 1.807) is 38.3 Å². The van der Waals surface area contributed by atoms with Gasteiger partial charge in [0.25, 0.3) is 5.91 Å². The van der Waals surface area contributed by atoms with Crippen molar-refractivity contribution in [2.24, 2.45) is 5.10 Å². The molecule has 0 aromatic heterocycles. The molecule has 1 atom stereocenters. The highest BCUT2D eigenvalue weighted by Crippen LogP contribution is 2.37. The van der Waals surface area contributed by atoms with Crippen molar-refractivity contribution in [3.05, 3.63) is 65.5 Å². The molecule has 9 heteroatoms. The standard InChI is InChI=1S/C24H29FN4O4/c1-4-26-24(31)28(13-14-32-2)16-23(30)29-21(18-10-6-8-12-22(18)33-3)15-20(27-29)17-9-5-7-11-19(17)25/h5-12,21H,4,13-16H2,1-3H3,(H,26,31). The predicted molar refractivity (Wildman–Crippen MR) is 123 cm³/mol. The largest absolute Gasteiger partial charge is 0.496 e. The van der Waals surface area contributed by atoms with Crippen LogP contribution in [0, 0.1) is 5.82 Å². The van der Waals surface area contributed by atoms with E-state index in [1.807, 2.05) is 18.2 Å². The molecule has 176 valence electrons. The maximum Gasteiger partial charge on any atom is 0.317 e. The van der Waals surface area contributed by atoms with Crippen LogP contribution in [0.1, 0.15) is 30.5 Å². The van der Waals surface area contributed by atoms with E-state index in [-0.39, 0.29) is 31.6 Å². The van der Waals surface area contributed by atoms with E-state index in [1.165, 1.54) is 23.1 Å². The highest BCUT2D eigenvalue weighted by Gasteiger charge is 2.36. The Morgan fingerprint density at radius 2 is 1.91 bits per heavy atom. The van der Waals surface area contributed by atoms with Crippen molar-refractivity contribution in [1.29, 1.82) is 0 Å². The first-order chi connectivity index (χ1) is 16.0. The number of nitrogens with one attached hydrogen (secondary N) is 1. The van der Waals surface area contributed by atoms with E-state index in [4.69, 9.17) is 9.47 Å². The zero-order valence-electron chi connectivity index (χ0n) is 19.1. The molecule has 1 aliphatic heterocycles. The Morgan fingerprint density at radius 3 is 2.61 bits per heavy atom. The fourth-order valence-corrected chi connectivity index (χ4v) is 3.73. The SMILES string of the molecule is CCNC(=O)N(CCOC)CC(=O)N1N=C(c2ccccc2F)CC1c1ccccc1OC. The Balaban J connectivity index is 1.94. The summed E-state index contributed by atoms with van der Waals surface area (Å²) in [4.78, 5) is 27.2. The molecule has 8 nitrogen and oxygen atoms in total. The van der Waals surface area contributed by atoms with Gasteiger partial charge in [-0.15, -0.1) is 0 Å². The van der Waals surface area contributed by atoms with E-state index in [2.05, 4.69) is 10.4 Å². The fourth-order valence-electron chi connectivity index (χ4n) is 3.73. The van der Waals surface area contributed by atoms with Gasteiger partial charge in [-0.3, -0.25) is 4.79 Å². The highest BCUT2D eigenvalue weighted by molar-refractivity contribution is 6.03. The van der Waals surface area contributed by atoms with Crippen molar-refractivity contribution in [2.45, 2.75) is 19.4 Å². The molecule has 33 heavy (non-hydrogen) atoms. The smallest absolute Gasteiger partial charge is 0.317 e. The summed E-state index contributed by atoms with van der Waals surface area (Å²) in [6.07, 6.45) is 0.312. The van der Waals surface area contributed by atoms with Crippen LogP contribution in [0.15, 0.2) is 53.6 Å². The van der Waals surface area contributed by atoms with Crippen molar-refractivity contribution in [3.63, 3.8) is 0 Å². The second-order valence-electron chi connectivity index (χ2n) is 7.48. The maximum atomic E-state index is 14.5. The summed E-state index contributed by atoms with van der Waals surface area (Å²) in [6, 6.07) is 12.8. The summed E-state index contributed by atoms with van der Waals surface area (Å²) >= 11 is 0. The minimum Gasteiger partial charge on any atom is -0.496 e. The van der Waals surface area contributed by atoms with E-state index in [9.17, 15) is 14.0 Å². The maximum absolute atomic E-state index is 14.5. The van der Waals surface area contributed by atoms with Gasteiger partial charge < -0.3 is 19.7 Å². The van der Waals surface area contributed by atoms with Crippen LogP contribution in [0.5, 0.6) is 5.75 Å². The Labute approximate surface area is 193 Å². The number of urea groups is 1. The summed E-state index contributed by atoms with van der Waals surface area (Å²) < 4.78 is 25.1. The Bertz CT molecular complexity index is 1010. The van der Waals surface area contributed by atoms with Gasteiger partial charge in [0.2, 0.25) is 0 Å². The first-order valence-corrected chi connectivity index (χ1v) is 10.8. The summed E-state index contributed by atoms with van der Waals surface area (Å²) in [5.74, 6) is -0.196. The Morgan fingerprint density at radius 1 is 1.18 bits per heavy atom.